The van der Waals surface area contributed by atoms with Crippen molar-refractivity contribution in [3.63, 3.8) is 0 Å². The molecule has 0 spiro atoms. The number of ether oxygens (including phenoxy) is 1. The summed E-state index contributed by atoms with van der Waals surface area (Å²) in [4.78, 5) is 12.5. The fourth-order valence-corrected chi connectivity index (χ4v) is 2.22. The van der Waals surface area contributed by atoms with Crippen molar-refractivity contribution < 1.29 is 9.53 Å². The van der Waals surface area contributed by atoms with Crippen LogP contribution in [0.1, 0.15) is 31.1 Å². The zero-order valence-electron chi connectivity index (χ0n) is 8.87. The number of rotatable bonds is 1. The van der Waals surface area contributed by atoms with Gasteiger partial charge in [0, 0.05) is 8.47 Å². The molecule has 0 aliphatic heterocycles. The number of carbonyl (C=O) groups excluding carboxylic acids is 1. The highest BCUT2D eigenvalue weighted by Gasteiger charge is 2.18. The van der Waals surface area contributed by atoms with E-state index in [-0.39, 0.29) is 5.97 Å². The highest BCUT2D eigenvalue weighted by Crippen LogP contribution is 2.18. The molecule has 2 nitrogen and oxygen atoms in total. The minimum Gasteiger partial charge on any atom is -0.456 e. The van der Waals surface area contributed by atoms with Gasteiger partial charge in [0.1, 0.15) is 5.60 Å². The van der Waals surface area contributed by atoms with Crippen LogP contribution in [0.3, 0.4) is 0 Å². The van der Waals surface area contributed by atoms with E-state index in [4.69, 9.17) is 4.74 Å². The summed E-state index contributed by atoms with van der Waals surface area (Å²) >= 11 is 6.36. The molecule has 0 bridgehead atoms. The lowest BCUT2D eigenvalue weighted by Crippen LogP contribution is -2.23. The molecule has 1 aromatic rings. The molecule has 4 heteroatoms. The van der Waals surface area contributed by atoms with Gasteiger partial charge < -0.3 is 4.74 Å². The van der Waals surface area contributed by atoms with Gasteiger partial charge in [-0.25, -0.2) is 4.79 Å². The predicted molar refractivity (Wildman–Crippen MR) is 71.6 cm³/mol. The summed E-state index contributed by atoms with van der Waals surface area (Å²) < 4.78 is 6.23. The number of hydrogen-bond acceptors (Lipinski definition) is 3. The standard InChI is InChI=1S/C11H13IO2S/c1-11(2,3)14-10(13)7-4-8(12)6-9(15)5-7/h4-6,15H,1-3H3. The van der Waals surface area contributed by atoms with Gasteiger partial charge in [-0.2, -0.15) is 0 Å². The molecule has 0 atom stereocenters. The fourth-order valence-electron chi connectivity index (χ4n) is 1.03. The highest BCUT2D eigenvalue weighted by molar-refractivity contribution is 14.1. The molecule has 0 N–H and O–H groups in total. The Balaban J connectivity index is 2.92. The number of esters is 1. The molecule has 0 saturated carbocycles. The number of carbonyl (C=O) groups is 1. The Morgan fingerprint density at radius 2 is 1.93 bits per heavy atom. The molecule has 0 aromatic heterocycles. The van der Waals surface area contributed by atoms with Crippen molar-refractivity contribution in [1.29, 1.82) is 0 Å². The van der Waals surface area contributed by atoms with Crippen molar-refractivity contribution >= 4 is 41.2 Å². The van der Waals surface area contributed by atoms with Crippen LogP contribution in [0.15, 0.2) is 23.1 Å². The Morgan fingerprint density at radius 1 is 1.33 bits per heavy atom. The summed E-state index contributed by atoms with van der Waals surface area (Å²) in [6.07, 6.45) is 0. The minimum absolute atomic E-state index is 0.309. The van der Waals surface area contributed by atoms with Crippen LogP contribution in [0.2, 0.25) is 0 Å². The van der Waals surface area contributed by atoms with Gasteiger partial charge in [0.15, 0.2) is 0 Å². The second kappa shape index (κ2) is 4.74. The zero-order chi connectivity index (χ0) is 11.6. The first-order chi connectivity index (χ1) is 6.78. The molecular formula is C11H13IO2S. The summed E-state index contributed by atoms with van der Waals surface area (Å²) in [7, 11) is 0. The lowest BCUT2D eigenvalue weighted by atomic mass is 10.2. The Kier molecular flexibility index (Phi) is 4.06. The van der Waals surface area contributed by atoms with E-state index in [1.54, 1.807) is 12.1 Å². The van der Waals surface area contributed by atoms with Crippen LogP contribution in [-0.4, -0.2) is 11.6 Å². The number of halogens is 1. The van der Waals surface area contributed by atoms with Gasteiger partial charge in [0.05, 0.1) is 5.56 Å². The summed E-state index contributed by atoms with van der Waals surface area (Å²) in [5.74, 6) is -0.309. The normalized spacial score (nSPS) is 11.3. The smallest absolute Gasteiger partial charge is 0.338 e. The van der Waals surface area contributed by atoms with E-state index in [0.717, 1.165) is 8.47 Å². The topological polar surface area (TPSA) is 26.3 Å². The summed E-state index contributed by atoms with van der Waals surface area (Å²) in [6.45, 7) is 5.54. The maximum atomic E-state index is 11.7. The Labute approximate surface area is 109 Å². The molecule has 0 aliphatic carbocycles. The van der Waals surface area contributed by atoms with E-state index in [1.165, 1.54) is 0 Å². The Morgan fingerprint density at radius 3 is 2.40 bits per heavy atom. The monoisotopic (exact) mass is 336 g/mol. The van der Waals surface area contributed by atoms with Gasteiger partial charge in [0.25, 0.3) is 0 Å². The lowest BCUT2D eigenvalue weighted by Gasteiger charge is -2.19. The number of thiol groups is 1. The number of benzene rings is 1. The molecule has 0 aliphatic rings. The van der Waals surface area contributed by atoms with Crippen LogP contribution >= 0.6 is 35.2 Å². The van der Waals surface area contributed by atoms with Crippen LogP contribution in [0.5, 0.6) is 0 Å². The first-order valence-electron chi connectivity index (χ1n) is 4.51. The summed E-state index contributed by atoms with van der Waals surface area (Å²) in [6, 6.07) is 5.38. The predicted octanol–water partition coefficient (Wildman–Crippen LogP) is 3.54. The summed E-state index contributed by atoms with van der Waals surface area (Å²) in [5.41, 5.74) is 0.0802. The average molecular weight is 336 g/mol. The third-order valence-electron chi connectivity index (χ3n) is 1.52. The molecule has 82 valence electrons. The van der Waals surface area contributed by atoms with E-state index in [2.05, 4.69) is 35.2 Å². The second-order valence-corrected chi connectivity index (χ2v) is 5.96. The molecule has 0 amide bonds. The van der Waals surface area contributed by atoms with E-state index in [9.17, 15) is 4.79 Å². The Bertz CT molecular complexity index is 362. The zero-order valence-corrected chi connectivity index (χ0v) is 11.9. The molecule has 1 rings (SSSR count). The molecule has 0 saturated heterocycles. The second-order valence-electron chi connectivity index (χ2n) is 4.20. The Hall–Kier alpha value is -0.230. The van der Waals surface area contributed by atoms with Crippen LogP contribution in [-0.2, 0) is 4.74 Å². The van der Waals surface area contributed by atoms with Gasteiger partial charge >= 0.3 is 5.97 Å². The first kappa shape index (κ1) is 12.8. The highest BCUT2D eigenvalue weighted by atomic mass is 127. The van der Waals surface area contributed by atoms with Crippen LogP contribution in [0.4, 0.5) is 0 Å². The SMILES string of the molecule is CC(C)(C)OC(=O)c1cc(S)cc(I)c1. The average Bonchev–Trinajstić information content (AvgIpc) is 1.98. The van der Waals surface area contributed by atoms with Crippen molar-refractivity contribution in [1.82, 2.24) is 0 Å². The largest absolute Gasteiger partial charge is 0.456 e. The third kappa shape index (κ3) is 4.42. The fraction of sp³-hybridized carbons (Fsp3) is 0.364. The maximum Gasteiger partial charge on any atom is 0.338 e. The molecule has 15 heavy (non-hydrogen) atoms. The van der Waals surface area contributed by atoms with Gasteiger partial charge in [-0.05, 0) is 61.6 Å². The van der Waals surface area contributed by atoms with Crippen molar-refractivity contribution in [2.45, 2.75) is 31.3 Å². The third-order valence-corrected chi connectivity index (χ3v) is 2.40. The van der Waals surface area contributed by atoms with E-state index < -0.39 is 5.60 Å². The van der Waals surface area contributed by atoms with Gasteiger partial charge in [-0.1, -0.05) is 0 Å². The first-order valence-corrected chi connectivity index (χ1v) is 6.03. The van der Waals surface area contributed by atoms with E-state index in [1.807, 2.05) is 26.8 Å². The van der Waals surface area contributed by atoms with Crippen molar-refractivity contribution in [3.8, 4) is 0 Å². The molecule has 0 radical (unpaired) electrons. The lowest BCUT2D eigenvalue weighted by molar-refractivity contribution is 0.00692. The molecule has 0 heterocycles. The quantitative estimate of drug-likeness (QED) is 0.482. The number of hydrogen-bond donors (Lipinski definition) is 1. The van der Waals surface area contributed by atoms with E-state index >= 15 is 0 Å². The van der Waals surface area contributed by atoms with Gasteiger partial charge in [-0.15, -0.1) is 12.6 Å². The van der Waals surface area contributed by atoms with Crippen LogP contribution in [0, 0.1) is 3.57 Å². The van der Waals surface area contributed by atoms with Crippen LogP contribution in [0.25, 0.3) is 0 Å². The van der Waals surface area contributed by atoms with Crippen molar-refractivity contribution in [2.24, 2.45) is 0 Å². The van der Waals surface area contributed by atoms with Crippen LogP contribution < -0.4 is 0 Å². The molecule has 1 aromatic carbocycles. The molecule has 0 fully saturated rings. The van der Waals surface area contributed by atoms with Crippen molar-refractivity contribution in [3.05, 3.63) is 27.3 Å². The minimum atomic E-state index is -0.463. The maximum absolute atomic E-state index is 11.7. The van der Waals surface area contributed by atoms with E-state index in [0.29, 0.717) is 5.56 Å². The summed E-state index contributed by atoms with van der Waals surface area (Å²) in [5, 5.41) is 0. The molecular weight excluding hydrogens is 323 g/mol. The van der Waals surface area contributed by atoms with Gasteiger partial charge in [-0.3, -0.25) is 0 Å². The van der Waals surface area contributed by atoms with Crippen molar-refractivity contribution in [2.75, 3.05) is 0 Å². The van der Waals surface area contributed by atoms with Gasteiger partial charge in [0.2, 0.25) is 0 Å². The molecule has 0 unspecified atom stereocenters.